The van der Waals surface area contributed by atoms with Gasteiger partial charge in [-0.2, -0.15) is 0 Å². The molecule has 2 fully saturated rings. The van der Waals surface area contributed by atoms with Gasteiger partial charge >= 0.3 is 7.82 Å². The van der Waals surface area contributed by atoms with Gasteiger partial charge in [0.05, 0.1) is 6.61 Å². The van der Waals surface area contributed by atoms with Gasteiger partial charge in [0.1, 0.15) is 24.6 Å². The van der Waals surface area contributed by atoms with E-state index in [4.69, 9.17) is 25.3 Å². The molecule has 0 aromatic carbocycles. The van der Waals surface area contributed by atoms with Crippen LogP contribution in [0.25, 0.3) is 11.2 Å². The van der Waals surface area contributed by atoms with E-state index in [1.807, 2.05) is 0 Å². The third kappa shape index (κ3) is 3.94. The Morgan fingerprint density at radius 3 is 2.97 bits per heavy atom. The Balaban J connectivity index is 1.64. The summed E-state index contributed by atoms with van der Waals surface area (Å²) in [6.45, 7) is 1.06. The number of unbranched alkanes of at least 4 members (excludes halogenated alkanes) is 2. The number of imidazole rings is 1. The highest BCUT2D eigenvalue weighted by molar-refractivity contribution is 7.47. The quantitative estimate of drug-likeness (QED) is 0.286. The maximum Gasteiger partial charge on any atom is 0.472 e. The minimum absolute atomic E-state index is 0.183. The van der Waals surface area contributed by atoms with Crippen LogP contribution in [-0.4, -0.2) is 67.5 Å². The number of aliphatic hydroxyl groups is 1. The van der Waals surface area contributed by atoms with Crippen LogP contribution in [0.1, 0.15) is 25.5 Å². The second-order valence-electron chi connectivity index (χ2n) is 6.90. The molecule has 3 unspecified atom stereocenters. The topological polar surface area (TPSA) is 193 Å². The van der Waals surface area contributed by atoms with Crippen molar-refractivity contribution in [2.24, 2.45) is 5.73 Å². The van der Waals surface area contributed by atoms with Gasteiger partial charge in [0, 0.05) is 6.54 Å². The molecule has 0 spiro atoms. The third-order valence-corrected chi connectivity index (χ3v) is 5.88. The van der Waals surface area contributed by atoms with Crippen molar-refractivity contribution in [3.05, 3.63) is 6.33 Å². The highest BCUT2D eigenvalue weighted by Crippen LogP contribution is 2.52. The minimum Gasteiger partial charge on any atom is -0.386 e. The van der Waals surface area contributed by atoms with Gasteiger partial charge in [0.25, 0.3) is 0 Å². The van der Waals surface area contributed by atoms with Crippen molar-refractivity contribution >= 4 is 30.8 Å². The molecule has 0 aliphatic carbocycles. The van der Waals surface area contributed by atoms with E-state index in [2.05, 4.69) is 20.3 Å². The number of anilines is 2. The van der Waals surface area contributed by atoms with E-state index in [0.717, 1.165) is 19.3 Å². The van der Waals surface area contributed by atoms with Gasteiger partial charge in [-0.1, -0.05) is 6.42 Å². The number of hydrogen-bond acceptors (Lipinski definition) is 11. The fourth-order valence-corrected chi connectivity index (χ4v) is 4.45. The van der Waals surface area contributed by atoms with E-state index in [-0.39, 0.29) is 12.4 Å². The fraction of sp³-hybridized carbons (Fsp3) is 0.667. The number of aliphatic hydroxyl groups excluding tert-OH is 1. The van der Waals surface area contributed by atoms with Gasteiger partial charge in [-0.25, -0.2) is 19.5 Å². The van der Waals surface area contributed by atoms with Crippen LogP contribution in [0.15, 0.2) is 6.33 Å². The van der Waals surface area contributed by atoms with Crippen LogP contribution in [-0.2, 0) is 18.3 Å². The largest absolute Gasteiger partial charge is 0.472 e. The number of fused-ring (bicyclic) bond motifs is 2. The molecule has 4 heterocycles. The first-order chi connectivity index (χ1) is 13.9. The summed E-state index contributed by atoms with van der Waals surface area (Å²) in [5.74, 6) is 0.569. The monoisotopic (exact) mass is 429 g/mol. The predicted octanol–water partition coefficient (Wildman–Crippen LogP) is -0.276. The second kappa shape index (κ2) is 8.11. The molecule has 0 saturated carbocycles. The SMILES string of the molecule is NCCCCCNc1nc2c(N)ncnc2n1[C@@H]1O[C@@H]2COP(=O)(O)OC2C1O. The zero-order valence-electron chi connectivity index (χ0n) is 15.5. The molecule has 0 bridgehead atoms. The number of nitrogens with two attached hydrogens (primary N) is 2. The zero-order valence-corrected chi connectivity index (χ0v) is 16.4. The first-order valence-corrected chi connectivity index (χ1v) is 10.8. The lowest BCUT2D eigenvalue weighted by molar-refractivity contribution is -0.0659. The summed E-state index contributed by atoms with van der Waals surface area (Å²) in [5, 5.41) is 14.0. The molecule has 4 rings (SSSR count). The van der Waals surface area contributed by atoms with Gasteiger partial charge in [-0.05, 0) is 19.4 Å². The molecule has 160 valence electrons. The Bertz CT molecular complexity index is 926. The molecular weight excluding hydrogens is 405 g/mol. The van der Waals surface area contributed by atoms with Crippen molar-refractivity contribution in [3.63, 3.8) is 0 Å². The molecular formula is C15H24N7O6P. The summed E-state index contributed by atoms with van der Waals surface area (Å²) in [5.41, 5.74) is 12.2. The molecule has 2 saturated heterocycles. The average molecular weight is 429 g/mol. The number of nitrogen functional groups attached to an aromatic ring is 1. The number of phosphoric ester groups is 1. The van der Waals surface area contributed by atoms with Crippen molar-refractivity contribution in [3.8, 4) is 0 Å². The van der Waals surface area contributed by atoms with E-state index >= 15 is 0 Å². The summed E-state index contributed by atoms with van der Waals surface area (Å²) in [4.78, 5) is 22.2. The van der Waals surface area contributed by atoms with Gasteiger partial charge in [0.15, 0.2) is 23.2 Å². The van der Waals surface area contributed by atoms with Gasteiger partial charge in [-0.3, -0.25) is 13.6 Å². The highest BCUT2D eigenvalue weighted by atomic mass is 31.2. The first kappa shape index (κ1) is 20.4. The lowest BCUT2D eigenvalue weighted by Gasteiger charge is -2.27. The summed E-state index contributed by atoms with van der Waals surface area (Å²) in [7, 11) is -4.23. The smallest absolute Gasteiger partial charge is 0.386 e. The summed E-state index contributed by atoms with van der Waals surface area (Å²) < 4.78 is 29.0. The number of rotatable bonds is 7. The first-order valence-electron chi connectivity index (χ1n) is 9.33. The predicted molar refractivity (Wildman–Crippen MR) is 102 cm³/mol. The lowest BCUT2D eigenvalue weighted by atomic mass is 10.1. The van der Waals surface area contributed by atoms with Crippen molar-refractivity contribution < 1.29 is 28.3 Å². The standard InChI is InChI=1S/C15H24N7O6P/c16-4-2-1-3-5-18-15-21-9-12(17)19-7-20-13(9)22(15)14-10(23)11-8(27-14)6-26-29(24,25)28-11/h7-8,10-11,14,23H,1-6,16H2,(H,18,21)(H,24,25)(H2,17,19,20)/t8-,10?,11?,14-/m1/s1. The fourth-order valence-electron chi connectivity index (χ4n) is 3.49. The zero-order chi connectivity index (χ0) is 20.6. The molecule has 2 aliphatic rings. The number of phosphoric acid groups is 1. The maximum atomic E-state index is 11.7. The number of nitrogens with one attached hydrogen (secondary N) is 1. The number of hydrogen-bond donors (Lipinski definition) is 5. The highest BCUT2D eigenvalue weighted by Gasteiger charge is 2.53. The average Bonchev–Trinajstić information content (AvgIpc) is 3.19. The van der Waals surface area contributed by atoms with Crippen molar-refractivity contribution in [1.29, 1.82) is 0 Å². The third-order valence-electron chi connectivity index (χ3n) is 4.89. The number of aromatic nitrogens is 4. The van der Waals surface area contributed by atoms with Crippen LogP contribution in [0.4, 0.5) is 11.8 Å². The minimum atomic E-state index is -4.23. The molecule has 2 aliphatic heterocycles. The molecule has 2 aromatic heterocycles. The van der Waals surface area contributed by atoms with Gasteiger partial charge in [0.2, 0.25) is 5.95 Å². The molecule has 7 N–H and O–H groups in total. The Morgan fingerprint density at radius 2 is 2.17 bits per heavy atom. The molecule has 2 aromatic rings. The summed E-state index contributed by atoms with van der Waals surface area (Å²) in [6, 6.07) is 0. The van der Waals surface area contributed by atoms with E-state index in [9.17, 15) is 14.6 Å². The Labute approximate surface area is 166 Å². The second-order valence-corrected chi connectivity index (χ2v) is 8.31. The summed E-state index contributed by atoms with van der Waals surface area (Å²) >= 11 is 0. The van der Waals surface area contributed by atoms with E-state index in [1.54, 1.807) is 4.57 Å². The normalized spacial score (nSPS) is 31.8. The number of ether oxygens (including phenoxy) is 1. The van der Waals surface area contributed by atoms with Crippen molar-refractivity contribution in [2.45, 2.75) is 43.8 Å². The van der Waals surface area contributed by atoms with E-state index in [1.165, 1.54) is 6.33 Å². The molecule has 5 atom stereocenters. The lowest BCUT2D eigenvalue weighted by Crippen LogP contribution is -2.39. The van der Waals surface area contributed by atoms with Crippen molar-refractivity contribution in [1.82, 2.24) is 19.5 Å². The van der Waals surface area contributed by atoms with Crippen LogP contribution in [0.2, 0.25) is 0 Å². The van der Waals surface area contributed by atoms with Crippen LogP contribution in [0, 0.1) is 0 Å². The van der Waals surface area contributed by atoms with Crippen LogP contribution < -0.4 is 16.8 Å². The van der Waals surface area contributed by atoms with Gasteiger partial charge in [-0.15, -0.1) is 0 Å². The maximum absolute atomic E-state index is 11.7. The molecule has 29 heavy (non-hydrogen) atoms. The molecule has 13 nitrogen and oxygen atoms in total. The van der Waals surface area contributed by atoms with E-state index in [0.29, 0.717) is 30.2 Å². The Kier molecular flexibility index (Phi) is 5.71. The number of nitrogens with zero attached hydrogens (tertiary/aromatic N) is 4. The Morgan fingerprint density at radius 1 is 1.34 bits per heavy atom. The van der Waals surface area contributed by atoms with Crippen LogP contribution in [0.3, 0.4) is 0 Å². The molecule has 14 heteroatoms. The van der Waals surface area contributed by atoms with Gasteiger partial charge < -0.3 is 31.5 Å². The summed E-state index contributed by atoms with van der Waals surface area (Å²) in [6.07, 6.45) is 0.0470. The van der Waals surface area contributed by atoms with Crippen LogP contribution >= 0.6 is 7.82 Å². The van der Waals surface area contributed by atoms with Crippen LogP contribution in [0.5, 0.6) is 0 Å². The Hall–Kier alpha value is -1.86. The van der Waals surface area contributed by atoms with Crippen molar-refractivity contribution in [2.75, 3.05) is 30.7 Å². The molecule has 0 amide bonds. The van der Waals surface area contributed by atoms with E-state index < -0.39 is 32.4 Å². The molecule has 0 radical (unpaired) electrons.